The number of hydrogen-bond donors (Lipinski definition) is 0. The lowest BCUT2D eigenvalue weighted by Crippen LogP contribution is -2.25. The highest BCUT2D eigenvalue weighted by Crippen LogP contribution is 2.33. The largest absolute Gasteiger partial charge is 0.491 e. The number of carbonyl (C=O) groups is 1. The SMILES string of the molecule is CCCCCCCCOc1ccc(-c2ccc(OC(=O)C3CCC(CCCCCCCC)CC3)cc2)cc1F. The van der Waals surface area contributed by atoms with E-state index in [0.29, 0.717) is 18.1 Å². The van der Waals surface area contributed by atoms with Gasteiger partial charge < -0.3 is 9.47 Å². The van der Waals surface area contributed by atoms with E-state index in [0.717, 1.165) is 55.6 Å². The summed E-state index contributed by atoms with van der Waals surface area (Å²) in [6, 6.07) is 12.5. The molecule has 0 heterocycles. The fourth-order valence-electron chi connectivity index (χ4n) is 5.68. The van der Waals surface area contributed by atoms with Crippen LogP contribution in [0.25, 0.3) is 11.1 Å². The molecule has 1 fully saturated rings. The van der Waals surface area contributed by atoms with Gasteiger partial charge in [-0.1, -0.05) is 109 Å². The first-order valence-electron chi connectivity index (χ1n) is 15.8. The molecule has 39 heavy (non-hydrogen) atoms. The van der Waals surface area contributed by atoms with Gasteiger partial charge in [0.05, 0.1) is 12.5 Å². The molecule has 1 aliphatic rings. The number of halogens is 1. The number of rotatable bonds is 18. The molecule has 0 aliphatic heterocycles. The lowest BCUT2D eigenvalue weighted by atomic mass is 9.80. The molecule has 0 radical (unpaired) electrons. The Morgan fingerprint density at radius 2 is 1.33 bits per heavy atom. The fourth-order valence-corrected chi connectivity index (χ4v) is 5.68. The maximum atomic E-state index is 14.6. The van der Waals surface area contributed by atoms with E-state index in [-0.39, 0.29) is 17.7 Å². The molecule has 0 aromatic heterocycles. The van der Waals surface area contributed by atoms with Crippen molar-refractivity contribution in [3.63, 3.8) is 0 Å². The summed E-state index contributed by atoms with van der Waals surface area (Å²) in [6.45, 7) is 5.01. The van der Waals surface area contributed by atoms with Gasteiger partial charge in [0.25, 0.3) is 0 Å². The van der Waals surface area contributed by atoms with Crippen molar-refractivity contribution >= 4 is 5.97 Å². The van der Waals surface area contributed by atoms with Crippen LogP contribution in [0.3, 0.4) is 0 Å². The van der Waals surface area contributed by atoms with Gasteiger partial charge >= 0.3 is 5.97 Å². The second-order valence-corrected chi connectivity index (χ2v) is 11.5. The van der Waals surface area contributed by atoms with Gasteiger partial charge in [-0.05, 0) is 73.4 Å². The Labute approximate surface area is 236 Å². The number of unbranched alkanes of at least 4 members (excludes halogenated alkanes) is 10. The fraction of sp³-hybridized carbons (Fsp3) is 0.629. The zero-order chi connectivity index (χ0) is 27.7. The molecule has 1 aliphatic carbocycles. The minimum atomic E-state index is -0.346. The molecule has 4 heteroatoms. The summed E-state index contributed by atoms with van der Waals surface area (Å²) in [5, 5.41) is 0. The number of ether oxygens (including phenoxy) is 2. The van der Waals surface area contributed by atoms with Crippen LogP contribution in [0.5, 0.6) is 11.5 Å². The highest BCUT2D eigenvalue weighted by molar-refractivity contribution is 5.75. The molecular formula is C35H51FO3. The van der Waals surface area contributed by atoms with Crippen LogP contribution in [-0.2, 0) is 4.79 Å². The molecule has 2 aromatic rings. The van der Waals surface area contributed by atoms with Gasteiger partial charge in [-0.15, -0.1) is 0 Å². The monoisotopic (exact) mass is 538 g/mol. The van der Waals surface area contributed by atoms with Crippen molar-refractivity contribution in [2.24, 2.45) is 11.8 Å². The van der Waals surface area contributed by atoms with Crippen LogP contribution in [-0.4, -0.2) is 12.6 Å². The predicted octanol–water partition coefficient (Wildman–Crippen LogP) is 10.7. The van der Waals surface area contributed by atoms with Crippen LogP contribution in [0.1, 0.15) is 123 Å². The van der Waals surface area contributed by atoms with E-state index in [9.17, 15) is 9.18 Å². The highest BCUT2D eigenvalue weighted by atomic mass is 19.1. The average Bonchev–Trinajstić information content (AvgIpc) is 2.96. The van der Waals surface area contributed by atoms with Crippen molar-refractivity contribution in [1.29, 1.82) is 0 Å². The summed E-state index contributed by atoms with van der Waals surface area (Å²) >= 11 is 0. The van der Waals surface area contributed by atoms with Crippen molar-refractivity contribution in [3.05, 3.63) is 48.3 Å². The van der Waals surface area contributed by atoms with E-state index >= 15 is 0 Å². The average molecular weight is 539 g/mol. The molecule has 0 saturated heterocycles. The first kappa shape index (κ1) is 31.2. The maximum Gasteiger partial charge on any atom is 0.314 e. The van der Waals surface area contributed by atoms with E-state index in [1.807, 2.05) is 18.2 Å². The minimum Gasteiger partial charge on any atom is -0.491 e. The molecular weight excluding hydrogens is 487 g/mol. The molecule has 0 spiro atoms. The molecule has 3 nitrogen and oxygen atoms in total. The van der Waals surface area contributed by atoms with Crippen LogP contribution in [0.2, 0.25) is 0 Å². The van der Waals surface area contributed by atoms with Crippen molar-refractivity contribution < 1.29 is 18.7 Å². The molecule has 1 saturated carbocycles. The van der Waals surface area contributed by atoms with Crippen molar-refractivity contribution in [1.82, 2.24) is 0 Å². The van der Waals surface area contributed by atoms with Gasteiger partial charge in [-0.25, -0.2) is 4.39 Å². The van der Waals surface area contributed by atoms with Crippen LogP contribution >= 0.6 is 0 Å². The quantitative estimate of drug-likeness (QED) is 0.108. The van der Waals surface area contributed by atoms with Crippen LogP contribution < -0.4 is 9.47 Å². The first-order chi connectivity index (χ1) is 19.1. The van der Waals surface area contributed by atoms with Crippen molar-refractivity contribution in [3.8, 4) is 22.6 Å². The molecule has 0 unspecified atom stereocenters. The van der Waals surface area contributed by atoms with E-state index in [4.69, 9.17) is 9.47 Å². The van der Waals surface area contributed by atoms with Crippen molar-refractivity contribution in [2.75, 3.05) is 6.61 Å². The summed E-state index contributed by atoms with van der Waals surface area (Å²) in [6.07, 6.45) is 20.6. The number of carbonyl (C=O) groups excluding carboxylic acids is 1. The number of benzene rings is 2. The van der Waals surface area contributed by atoms with Crippen molar-refractivity contribution in [2.45, 2.75) is 123 Å². The van der Waals surface area contributed by atoms with Crippen LogP contribution in [0, 0.1) is 17.7 Å². The molecule has 3 rings (SSSR count). The van der Waals surface area contributed by atoms with Gasteiger partial charge in [-0.2, -0.15) is 0 Å². The van der Waals surface area contributed by atoms with E-state index in [1.54, 1.807) is 18.2 Å². The first-order valence-corrected chi connectivity index (χ1v) is 15.8. The van der Waals surface area contributed by atoms with Gasteiger partial charge in [-0.3, -0.25) is 4.79 Å². The summed E-state index contributed by atoms with van der Waals surface area (Å²) < 4.78 is 26.0. The molecule has 0 amide bonds. The van der Waals surface area contributed by atoms with E-state index in [2.05, 4.69) is 13.8 Å². The zero-order valence-corrected chi connectivity index (χ0v) is 24.5. The van der Waals surface area contributed by atoms with Gasteiger partial charge in [0.1, 0.15) is 5.75 Å². The summed E-state index contributed by atoms with van der Waals surface area (Å²) in [5.41, 5.74) is 1.66. The third-order valence-corrected chi connectivity index (χ3v) is 8.24. The Morgan fingerprint density at radius 3 is 1.97 bits per heavy atom. The maximum absolute atomic E-state index is 14.6. The lowest BCUT2D eigenvalue weighted by molar-refractivity contribution is -0.140. The Balaban J connectivity index is 1.38. The standard InChI is InChI=1S/C35H51FO3/c1-3-5-7-9-11-13-15-28-16-18-30(19-17-28)35(37)39-32-23-20-29(21-24-32)31-22-25-34(33(36)27-31)38-26-14-12-10-8-6-4-2/h20-25,27-28,30H,3-19,26H2,1-2H3. The third kappa shape index (κ3) is 11.3. The molecule has 0 atom stereocenters. The number of esters is 1. The molecule has 216 valence electrons. The summed E-state index contributed by atoms with van der Waals surface area (Å²) in [5.74, 6) is 1.17. The number of hydrogen-bond acceptors (Lipinski definition) is 3. The summed E-state index contributed by atoms with van der Waals surface area (Å²) in [4.78, 5) is 12.8. The Kier molecular flexibility index (Phi) is 14.4. The Morgan fingerprint density at radius 1 is 0.744 bits per heavy atom. The van der Waals surface area contributed by atoms with Crippen LogP contribution in [0.4, 0.5) is 4.39 Å². The summed E-state index contributed by atoms with van der Waals surface area (Å²) in [7, 11) is 0. The lowest BCUT2D eigenvalue weighted by Gasteiger charge is -2.27. The minimum absolute atomic E-state index is 0.00321. The zero-order valence-electron chi connectivity index (χ0n) is 24.5. The second kappa shape index (κ2) is 18.1. The normalized spacial score (nSPS) is 17.2. The molecule has 0 bridgehead atoms. The highest BCUT2D eigenvalue weighted by Gasteiger charge is 2.27. The van der Waals surface area contributed by atoms with Crippen LogP contribution in [0.15, 0.2) is 42.5 Å². The topological polar surface area (TPSA) is 35.5 Å². The van der Waals surface area contributed by atoms with Gasteiger partial charge in [0.2, 0.25) is 0 Å². The van der Waals surface area contributed by atoms with Gasteiger partial charge in [0, 0.05) is 0 Å². The Bertz CT molecular complexity index is 947. The third-order valence-electron chi connectivity index (χ3n) is 8.24. The smallest absolute Gasteiger partial charge is 0.314 e. The predicted molar refractivity (Wildman–Crippen MR) is 160 cm³/mol. The molecule has 0 N–H and O–H groups in total. The van der Waals surface area contributed by atoms with E-state index < -0.39 is 0 Å². The van der Waals surface area contributed by atoms with E-state index in [1.165, 1.54) is 76.7 Å². The van der Waals surface area contributed by atoms with Gasteiger partial charge in [0.15, 0.2) is 11.6 Å². The Hall–Kier alpha value is -2.36. The molecule has 2 aromatic carbocycles. The second-order valence-electron chi connectivity index (χ2n) is 11.5.